The molecule has 1 saturated heterocycles. The molecule has 1 aromatic rings. The van der Waals surface area contributed by atoms with E-state index in [0.29, 0.717) is 6.04 Å². The minimum absolute atomic E-state index is 0.402. The van der Waals surface area contributed by atoms with Crippen LogP contribution in [0.5, 0.6) is 0 Å². The fraction of sp³-hybridized carbons (Fsp3) is 0.600. The predicted molar refractivity (Wildman–Crippen MR) is 75.6 cm³/mol. The Hall–Kier alpha value is -0.470. The molecule has 2 aliphatic rings. The third-order valence-corrected chi connectivity index (χ3v) is 5.75. The van der Waals surface area contributed by atoms with Crippen molar-refractivity contribution in [1.29, 1.82) is 0 Å². The fourth-order valence-corrected chi connectivity index (χ4v) is 4.52. The van der Waals surface area contributed by atoms with E-state index < -0.39 is 0 Å². The molecule has 0 saturated carbocycles. The van der Waals surface area contributed by atoms with Gasteiger partial charge in [-0.25, -0.2) is 0 Å². The molecule has 1 aliphatic heterocycles. The lowest BCUT2D eigenvalue weighted by Crippen LogP contribution is -2.37. The number of rotatable bonds is 3. The summed E-state index contributed by atoms with van der Waals surface area (Å²) in [5.74, 6) is 2.06. The maximum Gasteiger partial charge on any atom is 0.0199 e. The molecule has 1 fully saturated rings. The number of hydrogen-bond acceptors (Lipinski definition) is 2. The van der Waals surface area contributed by atoms with Crippen LogP contribution >= 0.6 is 11.8 Å². The van der Waals surface area contributed by atoms with Gasteiger partial charge in [0.2, 0.25) is 0 Å². The van der Waals surface area contributed by atoms with Gasteiger partial charge >= 0.3 is 0 Å². The third-order valence-electron chi connectivity index (χ3n) is 4.21. The molecule has 17 heavy (non-hydrogen) atoms. The Morgan fingerprint density at radius 3 is 2.94 bits per heavy atom. The number of fused-ring (bicyclic) bond motifs is 1. The molecular formula is C15H21NS. The SMILES string of the molecule is NC(CC1Cc2ccccc21)C1CCCCS1. The van der Waals surface area contributed by atoms with Crippen molar-refractivity contribution in [1.82, 2.24) is 0 Å². The average molecular weight is 247 g/mol. The highest BCUT2D eigenvalue weighted by Gasteiger charge is 2.30. The molecule has 3 unspecified atom stereocenters. The highest BCUT2D eigenvalue weighted by molar-refractivity contribution is 8.00. The topological polar surface area (TPSA) is 26.0 Å². The lowest BCUT2D eigenvalue weighted by Gasteiger charge is -2.35. The molecule has 1 heterocycles. The van der Waals surface area contributed by atoms with Crippen LogP contribution in [0.3, 0.4) is 0 Å². The molecule has 0 radical (unpaired) electrons. The normalized spacial score (nSPS) is 29.2. The van der Waals surface area contributed by atoms with E-state index >= 15 is 0 Å². The molecule has 92 valence electrons. The smallest absolute Gasteiger partial charge is 0.0199 e. The quantitative estimate of drug-likeness (QED) is 0.886. The lowest BCUT2D eigenvalue weighted by atomic mass is 9.74. The molecule has 0 aromatic heterocycles. The molecule has 3 rings (SSSR count). The van der Waals surface area contributed by atoms with Crippen LogP contribution in [0.4, 0.5) is 0 Å². The zero-order chi connectivity index (χ0) is 11.7. The Labute approximate surface area is 108 Å². The van der Waals surface area contributed by atoms with Gasteiger partial charge in [0.05, 0.1) is 0 Å². The van der Waals surface area contributed by atoms with Crippen LogP contribution in [-0.4, -0.2) is 17.0 Å². The van der Waals surface area contributed by atoms with Crippen LogP contribution in [0.25, 0.3) is 0 Å². The van der Waals surface area contributed by atoms with Crippen molar-refractivity contribution in [2.24, 2.45) is 5.73 Å². The summed E-state index contributed by atoms with van der Waals surface area (Å²) in [5.41, 5.74) is 9.50. The Bertz CT molecular complexity index is 384. The Morgan fingerprint density at radius 2 is 2.18 bits per heavy atom. The van der Waals surface area contributed by atoms with E-state index in [2.05, 4.69) is 36.0 Å². The van der Waals surface area contributed by atoms with Gasteiger partial charge in [-0.05, 0) is 48.5 Å². The van der Waals surface area contributed by atoms with Crippen LogP contribution in [-0.2, 0) is 6.42 Å². The third kappa shape index (κ3) is 2.38. The van der Waals surface area contributed by atoms with E-state index in [0.717, 1.165) is 11.2 Å². The monoisotopic (exact) mass is 247 g/mol. The number of nitrogens with two attached hydrogens (primary N) is 1. The van der Waals surface area contributed by atoms with Crippen LogP contribution in [0.2, 0.25) is 0 Å². The van der Waals surface area contributed by atoms with Gasteiger partial charge in [-0.3, -0.25) is 0 Å². The van der Waals surface area contributed by atoms with Crippen molar-refractivity contribution < 1.29 is 0 Å². The van der Waals surface area contributed by atoms with E-state index in [1.165, 1.54) is 37.9 Å². The number of benzene rings is 1. The minimum Gasteiger partial charge on any atom is -0.327 e. The first-order valence-corrected chi connectivity index (χ1v) is 7.84. The van der Waals surface area contributed by atoms with Gasteiger partial charge in [-0.1, -0.05) is 30.7 Å². The van der Waals surface area contributed by atoms with E-state index in [1.54, 1.807) is 11.1 Å². The zero-order valence-electron chi connectivity index (χ0n) is 10.3. The van der Waals surface area contributed by atoms with Crippen LogP contribution < -0.4 is 5.73 Å². The second kappa shape index (κ2) is 5.03. The van der Waals surface area contributed by atoms with Crippen molar-refractivity contribution in [2.75, 3.05) is 5.75 Å². The fourth-order valence-electron chi connectivity index (χ4n) is 3.16. The Balaban J connectivity index is 1.58. The highest BCUT2D eigenvalue weighted by Crippen LogP contribution is 2.39. The van der Waals surface area contributed by atoms with Gasteiger partial charge < -0.3 is 5.73 Å². The molecule has 3 atom stereocenters. The molecule has 0 bridgehead atoms. The second-order valence-corrected chi connectivity index (χ2v) is 6.75. The summed E-state index contributed by atoms with van der Waals surface area (Å²) in [6, 6.07) is 9.24. The highest BCUT2D eigenvalue weighted by atomic mass is 32.2. The molecule has 2 N–H and O–H groups in total. The van der Waals surface area contributed by atoms with Crippen LogP contribution in [0.1, 0.15) is 42.7 Å². The molecule has 0 amide bonds. The molecule has 1 nitrogen and oxygen atoms in total. The average Bonchev–Trinajstić information content (AvgIpc) is 2.37. The van der Waals surface area contributed by atoms with Crippen LogP contribution in [0.15, 0.2) is 24.3 Å². The van der Waals surface area contributed by atoms with Crippen molar-refractivity contribution in [3.05, 3.63) is 35.4 Å². The standard InChI is InChI=1S/C15H21NS/c16-14(15-7-3-4-8-17-15)10-12-9-11-5-1-2-6-13(11)12/h1-2,5-6,12,14-15H,3-4,7-10,16H2. The Morgan fingerprint density at radius 1 is 1.29 bits per heavy atom. The predicted octanol–water partition coefficient (Wildman–Crippen LogP) is 3.33. The van der Waals surface area contributed by atoms with E-state index in [-0.39, 0.29) is 0 Å². The van der Waals surface area contributed by atoms with E-state index in [1.807, 2.05) is 0 Å². The summed E-state index contributed by atoms with van der Waals surface area (Å²) in [7, 11) is 0. The van der Waals surface area contributed by atoms with Crippen molar-refractivity contribution >= 4 is 11.8 Å². The second-order valence-electron chi connectivity index (χ2n) is 5.40. The van der Waals surface area contributed by atoms with Gasteiger partial charge in [-0.2, -0.15) is 11.8 Å². The maximum absolute atomic E-state index is 6.40. The van der Waals surface area contributed by atoms with Gasteiger partial charge in [0.1, 0.15) is 0 Å². The summed E-state index contributed by atoms with van der Waals surface area (Å²) >= 11 is 2.10. The summed E-state index contributed by atoms with van der Waals surface area (Å²) in [5, 5.41) is 0.719. The zero-order valence-corrected chi connectivity index (χ0v) is 11.1. The summed E-state index contributed by atoms with van der Waals surface area (Å²) < 4.78 is 0. The molecule has 1 aliphatic carbocycles. The molecular weight excluding hydrogens is 226 g/mol. The summed E-state index contributed by atoms with van der Waals surface area (Å²) in [6.07, 6.45) is 6.54. The van der Waals surface area contributed by atoms with Gasteiger partial charge in [0.25, 0.3) is 0 Å². The number of thioether (sulfide) groups is 1. The lowest BCUT2D eigenvalue weighted by molar-refractivity contribution is 0.456. The Kier molecular flexibility index (Phi) is 3.44. The first-order chi connectivity index (χ1) is 8.34. The molecule has 2 heteroatoms. The van der Waals surface area contributed by atoms with Crippen molar-refractivity contribution in [3.8, 4) is 0 Å². The first kappa shape index (κ1) is 11.6. The minimum atomic E-state index is 0.402. The van der Waals surface area contributed by atoms with E-state index in [9.17, 15) is 0 Å². The van der Waals surface area contributed by atoms with Crippen LogP contribution in [0, 0.1) is 0 Å². The number of hydrogen-bond donors (Lipinski definition) is 1. The maximum atomic E-state index is 6.40. The largest absolute Gasteiger partial charge is 0.327 e. The van der Waals surface area contributed by atoms with Crippen molar-refractivity contribution in [3.63, 3.8) is 0 Å². The van der Waals surface area contributed by atoms with Crippen molar-refractivity contribution in [2.45, 2.75) is 49.3 Å². The first-order valence-electron chi connectivity index (χ1n) is 6.79. The molecule has 0 spiro atoms. The summed E-state index contributed by atoms with van der Waals surface area (Å²) in [6.45, 7) is 0. The van der Waals surface area contributed by atoms with Gasteiger partial charge in [-0.15, -0.1) is 0 Å². The van der Waals surface area contributed by atoms with Gasteiger partial charge in [0.15, 0.2) is 0 Å². The molecule has 1 aromatic carbocycles. The van der Waals surface area contributed by atoms with Gasteiger partial charge in [0, 0.05) is 11.3 Å². The summed E-state index contributed by atoms with van der Waals surface area (Å²) in [4.78, 5) is 0. The van der Waals surface area contributed by atoms with E-state index in [4.69, 9.17) is 5.73 Å².